The van der Waals surface area contributed by atoms with Crippen molar-refractivity contribution >= 4 is 44.5 Å². The molecule has 1 amide bonds. The van der Waals surface area contributed by atoms with Crippen molar-refractivity contribution in [2.45, 2.75) is 50.3 Å². The van der Waals surface area contributed by atoms with E-state index in [0.717, 1.165) is 10.2 Å². The van der Waals surface area contributed by atoms with Crippen LogP contribution in [0.25, 0.3) is 0 Å². The third-order valence-electron chi connectivity index (χ3n) is 4.41. The van der Waals surface area contributed by atoms with Crippen LogP contribution in [0.3, 0.4) is 0 Å². The Balaban J connectivity index is 2.27. The van der Waals surface area contributed by atoms with Crippen molar-refractivity contribution in [3.63, 3.8) is 0 Å². The first-order chi connectivity index (χ1) is 13.1. The maximum absolute atomic E-state index is 13.1. The quantitative estimate of drug-likeness (QED) is 0.670. The van der Waals surface area contributed by atoms with Crippen LogP contribution in [-0.4, -0.2) is 25.1 Å². The number of nitrogens with zero attached hydrogens (tertiary/aromatic N) is 2. The molecule has 1 atom stereocenters. The number of nitrogens with one attached hydrogen (secondary N) is 2. The highest BCUT2D eigenvalue weighted by Gasteiger charge is 2.23. The van der Waals surface area contributed by atoms with E-state index in [0.29, 0.717) is 23.4 Å². The summed E-state index contributed by atoms with van der Waals surface area (Å²) in [6, 6.07) is 4.93. The summed E-state index contributed by atoms with van der Waals surface area (Å²) in [7, 11) is -3.02. The third-order valence-corrected chi connectivity index (χ3v) is 7.86. The molecule has 10 heteroatoms. The number of aromatic nitrogens is 2. The van der Waals surface area contributed by atoms with Gasteiger partial charge in [0.15, 0.2) is 0 Å². The number of benzene rings is 1. The molecule has 0 radical (unpaired) electrons. The standard InChI is InChI=1S/C18H22Cl2N4O3S/c1-4-13(5-2)28(21,27)15-8-12(7-6-11(15)3)23-16(25)10-24-18(26)17(20)14(19)9-22-24/h6-9,13,21H,4-5,10H2,1-3H3,(H,23,25). The molecule has 1 heterocycles. The predicted molar refractivity (Wildman–Crippen MR) is 112 cm³/mol. The molecular formula is C18H22Cl2N4O3S. The van der Waals surface area contributed by atoms with Crippen molar-refractivity contribution in [2.24, 2.45) is 0 Å². The van der Waals surface area contributed by atoms with Crippen LogP contribution in [0.2, 0.25) is 10.0 Å². The van der Waals surface area contributed by atoms with Crippen molar-refractivity contribution in [1.82, 2.24) is 9.78 Å². The fraction of sp³-hybridized carbons (Fsp3) is 0.389. The fourth-order valence-corrected chi connectivity index (χ4v) is 5.25. The van der Waals surface area contributed by atoms with E-state index >= 15 is 0 Å². The highest BCUT2D eigenvalue weighted by atomic mass is 35.5. The summed E-state index contributed by atoms with van der Waals surface area (Å²) >= 11 is 11.5. The van der Waals surface area contributed by atoms with Crippen LogP contribution >= 0.6 is 23.2 Å². The van der Waals surface area contributed by atoms with Crippen LogP contribution in [0, 0.1) is 11.7 Å². The van der Waals surface area contributed by atoms with Crippen LogP contribution in [0.4, 0.5) is 5.69 Å². The van der Waals surface area contributed by atoms with Crippen molar-refractivity contribution < 1.29 is 9.00 Å². The number of carbonyl (C=O) groups is 1. The molecule has 7 nitrogen and oxygen atoms in total. The monoisotopic (exact) mass is 444 g/mol. The SMILES string of the molecule is CCC(CC)S(=N)(=O)c1cc(NC(=O)Cn2ncc(Cl)c(Cl)c2=O)ccc1C. The number of rotatable bonds is 7. The van der Waals surface area contributed by atoms with Crippen LogP contribution in [0.5, 0.6) is 0 Å². The maximum atomic E-state index is 13.1. The highest BCUT2D eigenvalue weighted by Crippen LogP contribution is 2.27. The van der Waals surface area contributed by atoms with E-state index < -0.39 is 21.2 Å². The number of halogens is 2. The molecule has 0 aliphatic carbocycles. The van der Waals surface area contributed by atoms with E-state index in [1.165, 1.54) is 6.20 Å². The molecule has 0 aliphatic rings. The second-order valence-corrected chi connectivity index (χ2v) is 9.43. The molecule has 0 saturated carbocycles. The average molecular weight is 445 g/mol. The maximum Gasteiger partial charge on any atom is 0.287 e. The molecule has 0 bridgehead atoms. The van der Waals surface area contributed by atoms with Gasteiger partial charge in [0.2, 0.25) is 5.91 Å². The van der Waals surface area contributed by atoms with E-state index in [9.17, 15) is 13.8 Å². The summed E-state index contributed by atoms with van der Waals surface area (Å²) < 4.78 is 22.4. The Labute approximate surface area is 174 Å². The van der Waals surface area contributed by atoms with E-state index in [2.05, 4.69) is 10.4 Å². The van der Waals surface area contributed by atoms with Crippen molar-refractivity contribution in [3.8, 4) is 0 Å². The molecule has 2 N–H and O–H groups in total. The van der Waals surface area contributed by atoms with Crippen LogP contribution in [0.1, 0.15) is 32.3 Å². The second kappa shape index (κ2) is 9.07. The van der Waals surface area contributed by atoms with Crippen molar-refractivity contribution in [2.75, 3.05) is 5.32 Å². The van der Waals surface area contributed by atoms with Gasteiger partial charge in [-0.2, -0.15) is 5.10 Å². The molecule has 1 aromatic heterocycles. The second-order valence-electron chi connectivity index (χ2n) is 6.34. The lowest BCUT2D eigenvalue weighted by Crippen LogP contribution is -2.30. The number of amides is 1. The van der Waals surface area contributed by atoms with Crippen LogP contribution in [0.15, 0.2) is 34.1 Å². The number of anilines is 1. The molecule has 1 unspecified atom stereocenters. The summed E-state index contributed by atoms with van der Waals surface area (Å²) in [6.07, 6.45) is 2.44. The predicted octanol–water partition coefficient (Wildman–Crippen LogP) is 4.09. The minimum Gasteiger partial charge on any atom is -0.324 e. The molecular weight excluding hydrogens is 423 g/mol. The van der Waals surface area contributed by atoms with Crippen LogP contribution < -0.4 is 10.9 Å². The van der Waals surface area contributed by atoms with Gasteiger partial charge in [0.25, 0.3) is 5.56 Å². The first-order valence-electron chi connectivity index (χ1n) is 8.71. The lowest BCUT2D eigenvalue weighted by atomic mass is 10.2. The Morgan fingerprint density at radius 2 is 1.96 bits per heavy atom. The zero-order valence-electron chi connectivity index (χ0n) is 15.8. The Morgan fingerprint density at radius 3 is 2.57 bits per heavy atom. The first-order valence-corrected chi connectivity index (χ1v) is 11.1. The lowest BCUT2D eigenvalue weighted by Gasteiger charge is -2.19. The summed E-state index contributed by atoms with van der Waals surface area (Å²) in [5.74, 6) is -0.512. The molecule has 0 fully saturated rings. The number of carbonyl (C=O) groups excluding carboxylic acids is 1. The molecule has 2 aromatic rings. The Bertz CT molecular complexity index is 1050. The number of hydrogen-bond donors (Lipinski definition) is 2. The van der Waals surface area contributed by atoms with Gasteiger partial charge in [-0.25, -0.2) is 13.7 Å². The lowest BCUT2D eigenvalue weighted by molar-refractivity contribution is -0.117. The molecule has 2 rings (SSSR count). The van der Waals surface area contributed by atoms with Gasteiger partial charge < -0.3 is 5.32 Å². The molecule has 1 aromatic carbocycles. The topological polar surface area (TPSA) is 105 Å². The number of hydrogen-bond acceptors (Lipinski definition) is 5. The van der Waals surface area contributed by atoms with Gasteiger partial charge in [0.05, 0.1) is 25.8 Å². The van der Waals surface area contributed by atoms with E-state index in [1.807, 2.05) is 13.8 Å². The average Bonchev–Trinajstić information content (AvgIpc) is 2.64. The van der Waals surface area contributed by atoms with Crippen molar-refractivity contribution in [3.05, 3.63) is 50.4 Å². The Kier molecular flexibility index (Phi) is 7.25. The molecule has 152 valence electrons. The van der Waals surface area contributed by atoms with Gasteiger partial charge in [-0.3, -0.25) is 9.59 Å². The zero-order valence-corrected chi connectivity index (χ0v) is 18.1. The molecule has 0 aliphatic heterocycles. The molecule has 28 heavy (non-hydrogen) atoms. The fourth-order valence-electron chi connectivity index (χ4n) is 2.84. The Morgan fingerprint density at radius 1 is 1.32 bits per heavy atom. The summed E-state index contributed by atoms with van der Waals surface area (Å²) in [5, 5.41) is 5.97. The normalized spacial score (nSPS) is 13.4. The minimum atomic E-state index is -3.02. The highest BCUT2D eigenvalue weighted by molar-refractivity contribution is 7.93. The smallest absolute Gasteiger partial charge is 0.287 e. The molecule has 0 spiro atoms. The molecule has 0 saturated heterocycles. The summed E-state index contributed by atoms with van der Waals surface area (Å²) in [5.41, 5.74) is 0.453. The van der Waals surface area contributed by atoms with Gasteiger partial charge >= 0.3 is 0 Å². The van der Waals surface area contributed by atoms with Gasteiger partial charge in [0, 0.05) is 10.9 Å². The first kappa shape index (κ1) is 22.4. The van der Waals surface area contributed by atoms with Crippen LogP contribution in [-0.2, 0) is 21.1 Å². The van der Waals surface area contributed by atoms with E-state index in [1.54, 1.807) is 25.1 Å². The van der Waals surface area contributed by atoms with E-state index in [-0.39, 0.29) is 21.8 Å². The third kappa shape index (κ3) is 4.74. The minimum absolute atomic E-state index is 0.0121. The zero-order chi connectivity index (χ0) is 21.1. The van der Waals surface area contributed by atoms with Gasteiger partial charge in [-0.05, 0) is 37.5 Å². The van der Waals surface area contributed by atoms with Gasteiger partial charge in [-0.1, -0.05) is 43.1 Å². The summed E-state index contributed by atoms with van der Waals surface area (Å²) in [6.45, 7) is 5.25. The largest absolute Gasteiger partial charge is 0.324 e. The van der Waals surface area contributed by atoms with E-state index in [4.69, 9.17) is 28.0 Å². The number of aryl methyl sites for hydroxylation is 1. The Hall–Kier alpha value is -1.90. The van der Waals surface area contributed by atoms with Gasteiger partial charge in [0.1, 0.15) is 11.6 Å². The summed E-state index contributed by atoms with van der Waals surface area (Å²) in [4.78, 5) is 24.7. The van der Waals surface area contributed by atoms with Gasteiger partial charge in [-0.15, -0.1) is 0 Å². The van der Waals surface area contributed by atoms with Crippen molar-refractivity contribution in [1.29, 1.82) is 4.78 Å².